The molecule has 2 rings (SSSR count). The topological polar surface area (TPSA) is 9.23 Å². The zero-order chi connectivity index (χ0) is 11.4. The smallest absolute Gasteiger partial charge is 0.0723 e. The summed E-state index contributed by atoms with van der Waals surface area (Å²) in [6.07, 6.45) is 0.357. The van der Waals surface area contributed by atoms with Gasteiger partial charge < -0.3 is 4.74 Å². The summed E-state index contributed by atoms with van der Waals surface area (Å²) < 4.78 is 5.67. The van der Waals surface area contributed by atoms with Crippen molar-refractivity contribution >= 4 is 0 Å². The number of hydrogen-bond acceptors (Lipinski definition) is 1. The highest BCUT2D eigenvalue weighted by Crippen LogP contribution is 2.31. The highest BCUT2D eigenvalue weighted by molar-refractivity contribution is 5.35. The van der Waals surface area contributed by atoms with E-state index in [1.54, 1.807) is 0 Å². The van der Waals surface area contributed by atoms with Gasteiger partial charge in [-0.2, -0.15) is 0 Å². The lowest BCUT2D eigenvalue weighted by Gasteiger charge is -2.29. The van der Waals surface area contributed by atoms with Crippen molar-refractivity contribution in [3.05, 3.63) is 34.9 Å². The molecule has 0 saturated carbocycles. The molecule has 2 atom stereocenters. The third-order valence-electron chi connectivity index (χ3n) is 2.99. The van der Waals surface area contributed by atoms with Crippen molar-refractivity contribution in [1.29, 1.82) is 0 Å². The van der Waals surface area contributed by atoms with Crippen molar-refractivity contribution < 1.29 is 4.74 Å². The van der Waals surface area contributed by atoms with Crippen LogP contribution < -0.4 is 0 Å². The quantitative estimate of drug-likeness (QED) is 0.622. The van der Waals surface area contributed by atoms with E-state index in [0.29, 0.717) is 12.0 Å². The Bertz CT molecular complexity index is 317. The molecule has 15 heavy (non-hydrogen) atoms. The normalized spacial score (nSPS) is 23.8. The predicted molar refractivity (Wildman–Crippen MR) is 65.2 cm³/mol. The molecule has 1 aromatic carbocycles. The molecule has 1 heterocycles. The lowest BCUT2D eigenvalue weighted by atomic mass is 9.89. The van der Waals surface area contributed by atoms with Gasteiger partial charge in [0.05, 0.1) is 12.7 Å². The van der Waals surface area contributed by atoms with E-state index < -0.39 is 0 Å². The molecule has 0 bridgehead atoms. The van der Waals surface area contributed by atoms with Crippen LogP contribution in [0.3, 0.4) is 0 Å². The summed E-state index contributed by atoms with van der Waals surface area (Å²) in [6.45, 7) is 11.3. The summed E-state index contributed by atoms with van der Waals surface area (Å²) in [5.74, 6) is 0.532. The van der Waals surface area contributed by atoms with E-state index in [2.05, 4.69) is 39.0 Å². The zero-order valence-electron chi connectivity index (χ0n) is 10.5. The largest absolute Gasteiger partial charge is 0.373 e. The van der Waals surface area contributed by atoms with Gasteiger partial charge in [0, 0.05) is 5.92 Å². The van der Waals surface area contributed by atoms with E-state index in [-0.39, 0.29) is 0 Å². The Kier molecular flexibility index (Phi) is 4.34. The zero-order valence-corrected chi connectivity index (χ0v) is 10.5. The van der Waals surface area contributed by atoms with Gasteiger partial charge in [0.2, 0.25) is 0 Å². The van der Waals surface area contributed by atoms with Gasteiger partial charge in [-0.3, -0.25) is 0 Å². The van der Waals surface area contributed by atoms with Crippen molar-refractivity contribution in [2.24, 2.45) is 0 Å². The minimum absolute atomic E-state index is 0.357. The van der Waals surface area contributed by atoms with Gasteiger partial charge in [-0.25, -0.2) is 0 Å². The van der Waals surface area contributed by atoms with Gasteiger partial charge in [-0.15, -0.1) is 0 Å². The monoisotopic (exact) mass is 206 g/mol. The molecule has 1 nitrogen and oxygen atoms in total. The first-order chi connectivity index (χ1) is 7.18. The lowest BCUT2D eigenvalue weighted by Crippen LogP contribution is -2.23. The van der Waals surface area contributed by atoms with Crippen molar-refractivity contribution in [2.75, 3.05) is 0 Å². The molecule has 1 unspecified atom stereocenters. The maximum Gasteiger partial charge on any atom is 0.0723 e. The molecule has 0 N–H and O–H groups in total. The second-order valence-corrected chi connectivity index (χ2v) is 4.01. The summed E-state index contributed by atoms with van der Waals surface area (Å²) in [5.41, 5.74) is 4.15. The maximum absolute atomic E-state index is 5.67. The van der Waals surface area contributed by atoms with Crippen LogP contribution in [0.4, 0.5) is 0 Å². The van der Waals surface area contributed by atoms with Crippen LogP contribution >= 0.6 is 0 Å². The number of hydrogen-bond donors (Lipinski definition) is 0. The molecular formula is C14H22O. The molecule has 0 saturated heterocycles. The van der Waals surface area contributed by atoms with Gasteiger partial charge >= 0.3 is 0 Å². The van der Waals surface area contributed by atoms with E-state index in [0.717, 1.165) is 6.61 Å². The second kappa shape index (κ2) is 5.32. The molecule has 84 valence electrons. The molecule has 0 spiro atoms. The van der Waals surface area contributed by atoms with Gasteiger partial charge in [0.25, 0.3) is 0 Å². The van der Waals surface area contributed by atoms with Gasteiger partial charge in [0.1, 0.15) is 0 Å². The maximum atomic E-state index is 5.67. The Morgan fingerprint density at radius 1 is 1.20 bits per heavy atom. The van der Waals surface area contributed by atoms with Crippen molar-refractivity contribution in [1.82, 2.24) is 0 Å². The van der Waals surface area contributed by atoms with E-state index in [9.17, 15) is 0 Å². The van der Waals surface area contributed by atoms with E-state index in [1.807, 2.05) is 13.8 Å². The summed E-state index contributed by atoms with van der Waals surface area (Å²) in [5, 5.41) is 0. The highest BCUT2D eigenvalue weighted by atomic mass is 16.5. The number of ether oxygens (including phenoxy) is 1. The Morgan fingerprint density at radius 3 is 2.53 bits per heavy atom. The standard InChI is InChI=1S/C12H16O.C2H6/c1-8-4-5-12-9(2)10(3)13-7-11(12)6-8;1-2/h4-6,9-10H,7H2,1-3H3;1-2H3/t9?,10-;/m0./s1. The third kappa shape index (κ3) is 2.60. The molecule has 1 aliphatic rings. The van der Waals surface area contributed by atoms with Crippen LogP contribution in [0.15, 0.2) is 18.2 Å². The molecule has 1 aromatic rings. The van der Waals surface area contributed by atoms with Crippen LogP contribution in [0.1, 0.15) is 50.3 Å². The molecule has 0 radical (unpaired) electrons. The molecular weight excluding hydrogens is 184 g/mol. The first kappa shape index (κ1) is 12.3. The summed E-state index contributed by atoms with van der Waals surface area (Å²) in [4.78, 5) is 0. The fourth-order valence-corrected chi connectivity index (χ4v) is 1.92. The molecule has 1 aliphatic heterocycles. The number of fused-ring (bicyclic) bond motifs is 1. The van der Waals surface area contributed by atoms with Crippen molar-refractivity contribution in [3.63, 3.8) is 0 Å². The molecule has 1 heteroatoms. The van der Waals surface area contributed by atoms with E-state index in [4.69, 9.17) is 4.74 Å². The van der Waals surface area contributed by atoms with E-state index >= 15 is 0 Å². The van der Waals surface area contributed by atoms with Crippen LogP contribution in [0.5, 0.6) is 0 Å². The predicted octanol–water partition coefficient (Wildman–Crippen LogP) is 4.04. The summed E-state index contributed by atoms with van der Waals surface area (Å²) in [7, 11) is 0. The summed E-state index contributed by atoms with van der Waals surface area (Å²) in [6, 6.07) is 6.67. The van der Waals surface area contributed by atoms with Crippen LogP contribution in [0.25, 0.3) is 0 Å². The molecule has 0 aliphatic carbocycles. The molecule has 0 fully saturated rings. The first-order valence-corrected chi connectivity index (χ1v) is 5.89. The lowest BCUT2D eigenvalue weighted by molar-refractivity contribution is 0.0241. The first-order valence-electron chi connectivity index (χ1n) is 5.89. The Labute approximate surface area is 93.5 Å². The number of rotatable bonds is 0. The third-order valence-corrected chi connectivity index (χ3v) is 2.99. The van der Waals surface area contributed by atoms with Crippen molar-refractivity contribution in [3.8, 4) is 0 Å². The summed E-state index contributed by atoms with van der Waals surface area (Å²) >= 11 is 0. The Morgan fingerprint density at radius 2 is 1.87 bits per heavy atom. The van der Waals surface area contributed by atoms with Gasteiger partial charge in [-0.1, -0.05) is 44.5 Å². The average molecular weight is 206 g/mol. The van der Waals surface area contributed by atoms with Crippen LogP contribution in [-0.4, -0.2) is 6.10 Å². The minimum Gasteiger partial charge on any atom is -0.373 e. The van der Waals surface area contributed by atoms with Gasteiger partial charge in [-0.05, 0) is 25.0 Å². The van der Waals surface area contributed by atoms with Crippen LogP contribution in [0, 0.1) is 6.92 Å². The number of benzene rings is 1. The molecule has 0 amide bonds. The van der Waals surface area contributed by atoms with Crippen molar-refractivity contribution in [2.45, 2.75) is 53.2 Å². The second-order valence-electron chi connectivity index (χ2n) is 4.01. The van der Waals surface area contributed by atoms with E-state index in [1.165, 1.54) is 16.7 Å². The number of aryl methyl sites for hydroxylation is 1. The fraction of sp³-hybridized carbons (Fsp3) is 0.571. The fourth-order valence-electron chi connectivity index (χ4n) is 1.92. The van der Waals surface area contributed by atoms with Gasteiger partial charge in [0.15, 0.2) is 0 Å². The van der Waals surface area contributed by atoms with Crippen LogP contribution in [0.2, 0.25) is 0 Å². The highest BCUT2D eigenvalue weighted by Gasteiger charge is 2.22. The van der Waals surface area contributed by atoms with Crippen LogP contribution in [-0.2, 0) is 11.3 Å². The minimum atomic E-state index is 0.357. The SMILES string of the molecule is CC.Cc1ccc2c(c1)CO[C@@H](C)C2C. The average Bonchev–Trinajstić information content (AvgIpc) is 2.26. The Balaban J connectivity index is 0.000000531. The Hall–Kier alpha value is -0.820. The molecule has 0 aromatic heterocycles.